The molecule has 0 aliphatic carbocycles. The van der Waals surface area contributed by atoms with E-state index in [0.717, 1.165) is 23.4 Å². The van der Waals surface area contributed by atoms with E-state index in [2.05, 4.69) is 9.55 Å². The fourth-order valence-electron chi connectivity index (χ4n) is 2.64. The van der Waals surface area contributed by atoms with Crippen LogP contribution in [0.15, 0.2) is 12.1 Å². The summed E-state index contributed by atoms with van der Waals surface area (Å²) < 4.78 is 15.8. The molecule has 1 aromatic carbocycles. The van der Waals surface area contributed by atoms with Crippen LogP contribution in [0.4, 0.5) is 4.39 Å². The van der Waals surface area contributed by atoms with Crippen LogP contribution in [0.25, 0.3) is 11.0 Å². The number of hydrogen-bond acceptors (Lipinski definition) is 2. The third kappa shape index (κ3) is 2.78. The maximum absolute atomic E-state index is 13.7. The highest BCUT2D eigenvalue weighted by Crippen LogP contribution is 2.30. The SMILES string of the molecule is Fc1cc2c(cc1Cl)nc(CCCl)n2CC1CCCS1. The van der Waals surface area contributed by atoms with Gasteiger partial charge in [-0.2, -0.15) is 11.8 Å². The molecule has 0 saturated carbocycles. The number of halogens is 3. The van der Waals surface area contributed by atoms with Gasteiger partial charge in [0.05, 0.1) is 16.1 Å². The van der Waals surface area contributed by atoms with E-state index in [-0.39, 0.29) is 5.02 Å². The lowest BCUT2D eigenvalue weighted by Gasteiger charge is -2.13. The fraction of sp³-hybridized carbons (Fsp3) is 0.500. The van der Waals surface area contributed by atoms with Crippen molar-refractivity contribution in [2.24, 2.45) is 0 Å². The second kappa shape index (κ2) is 6.12. The Labute approximate surface area is 131 Å². The monoisotopic (exact) mass is 332 g/mol. The van der Waals surface area contributed by atoms with E-state index in [0.29, 0.717) is 17.6 Å². The molecule has 1 aliphatic heterocycles. The minimum atomic E-state index is -0.392. The van der Waals surface area contributed by atoms with E-state index < -0.39 is 5.82 Å². The van der Waals surface area contributed by atoms with Gasteiger partial charge < -0.3 is 4.57 Å². The lowest BCUT2D eigenvalue weighted by atomic mass is 10.2. The van der Waals surface area contributed by atoms with E-state index >= 15 is 0 Å². The number of benzene rings is 1. The molecule has 6 heteroatoms. The number of alkyl halides is 1. The topological polar surface area (TPSA) is 17.8 Å². The van der Waals surface area contributed by atoms with Crippen molar-refractivity contribution in [2.75, 3.05) is 11.6 Å². The first kappa shape index (κ1) is 14.5. The number of hydrogen-bond donors (Lipinski definition) is 0. The normalized spacial score (nSPS) is 19.1. The molecule has 2 nitrogen and oxygen atoms in total. The van der Waals surface area contributed by atoms with Crippen LogP contribution in [0, 0.1) is 5.82 Å². The van der Waals surface area contributed by atoms with Crippen molar-refractivity contribution in [1.29, 1.82) is 0 Å². The molecule has 0 spiro atoms. The maximum atomic E-state index is 13.7. The van der Waals surface area contributed by atoms with E-state index in [4.69, 9.17) is 23.2 Å². The van der Waals surface area contributed by atoms with Gasteiger partial charge in [-0.1, -0.05) is 11.6 Å². The smallest absolute Gasteiger partial charge is 0.144 e. The fourth-order valence-corrected chi connectivity index (χ4v) is 4.22. The third-order valence-electron chi connectivity index (χ3n) is 3.60. The van der Waals surface area contributed by atoms with Gasteiger partial charge in [0, 0.05) is 30.2 Å². The number of nitrogens with zero attached hydrogens (tertiary/aromatic N) is 2. The first-order valence-corrected chi connectivity index (χ1v) is 8.67. The molecule has 2 aromatic rings. The van der Waals surface area contributed by atoms with Gasteiger partial charge in [0.2, 0.25) is 0 Å². The van der Waals surface area contributed by atoms with Crippen LogP contribution in [0.2, 0.25) is 5.02 Å². The van der Waals surface area contributed by atoms with Gasteiger partial charge in [-0.15, -0.1) is 11.6 Å². The van der Waals surface area contributed by atoms with Crippen LogP contribution in [0.5, 0.6) is 0 Å². The van der Waals surface area contributed by atoms with Crippen LogP contribution in [0.3, 0.4) is 0 Å². The predicted octanol–water partition coefficient (Wildman–Crippen LogP) is 4.51. The van der Waals surface area contributed by atoms with Crippen molar-refractivity contribution >= 4 is 46.0 Å². The van der Waals surface area contributed by atoms with Gasteiger partial charge in [0.25, 0.3) is 0 Å². The Bertz CT molecular complexity index is 623. The molecule has 1 fully saturated rings. The highest BCUT2D eigenvalue weighted by molar-refractivity contribution is 8.00. The Morgan fingerprint density at radius 3 is 3.00 bits per heavy atom. The molecule has 2 heterocycles. The average molecular weight is 333 g/mol. The molecule has 108 valence electrons. The van der Waals surface area contributed by atoms with E-state index in [1.54, 1.807) is 6.07 Å². The summed E-state index contributed by atoms with van der Waals surface area (Å²) in [5, 5.41) is 0.704. The predicted molar refractivity (Wildman–Crippen MR) is 84.6 cm³/mol. The molecule has 1 aromatic heterocycles. The number of rotatable bonds is 4. The van der Waals surface area contributed by atoms with Gasteiger partial charge >= 0.3 is 0 Å². The Hall–Kier alpha value is -0.450. The average Bonchev–Trinajstić information content (AvgIpc) is 3.02. The van der Waals surface area contributed by atoms with Crippen LogP contribution in [-0.2, 0) is 13.0 Å². The van der Waals surface area contributed by atoms with Crippen molar-refractivity contribution < 1.29 is 4.39 Å². The molecule has 1 unspecified atom stereocenters. The lowest BCUT2D eigenvalue weighted by molar-refractivity contribution is 0.616. The summed E-state index contributed by atoms with van der Waals surface area (Å²) in [5.41, 5.74) is 1.57. The molecule has 1 atom stereocenters. The van der Waals surface area contributed by atoms with Crippen molar-refractivity contribution in [3.05, 3.63) is 28.8 Å². The Kier molecular flexibility index (Phi) is 4.43. The van der Waals surface area contributed by atoms with Crippen LogP contribution in [0.1, 0.15) is 18.7 Å². The van der Waals surface area contributed by atoms with Crippen molar-refractivity contribution in [3.8, 4) is 0 Å². The molecule has 3 rings (SSSR count). The molecule has 0 N–H and O–H groups in total. The van der Waals surface area contributed by atoms with Gasteiger partial charge in [-0.05, 0) is 24.7 Å². The summed E-state index contributed by atoms with van der Waals surface area (Å²) >= 11 is 13.7. The molecule has 0 amide bonds. The summed E-state index contributed by atoms with van der Waals surface area (Å²) in [5.74, 6) is 2.25. The van der Waals surface area contributed by atoms with Crippen molar-refractivity contribution in [2.45, 2.75) is 31.1 Å². The van der Waals surface area contributed by atoms with Crippen LogP contribution >= 0.6 is 35.0 Å². The first-order chi connectivity index (χ1) is 9.69. The van der Waals surface area contributed by atoms with Gasteiger partial charge in [-0.25, -0.2) is 9.37 Å². The van der Waals surface area contributed by atoms with Crippen molar-refractivity contribution in [1.82, 2.24) is 9.55 Å². The number of aromatic nitrogens is 2. The quantitative estimate of drug-likeness (QED) is 0.767. The first-order valence-electron chi connectivity index (χ1n) is 6.71. The van der Waals surface area contributed by atoms with E-state index in [9.17, 15) is 4.39 Å². The zero-order chi connectivity index (χ0) is 14.1. The van der Waals surface area contributed by atoms with Crippen LogP contribution < -0.4 is 0 Å². The number of fused-ring (bicyclic) bond motifs is 1. The summed E-state index contributed by atoms with van der Waals surface area (Å²) in [7, 11) is 0. The number of imidazole rings is 1. The minimum Gasteiger partial charge on any atom is -0.327 e. The Morgan fingerprint density at radius 2 is 2.30 bits per heavy atom. The zero-order valence-electron chi connectivity index (χ0n) is 10.9. The molecule has 20 heavy (non-hydrogen) atoms. The molecule has 1 saturated heterocycles. The number of thioether (sulfide) groups is 1. The van der Waals surface area contributed by atoms with Crippen LogP contribution in [-0.4, -0.2) is 26.4 Å². The van der Waals surface area contributed by atoms with Gasteiger partial charge in [0.15, 0.2) is 0 Å². The van der Waals surface area contributed by atoms with Crippen molar-refractivity contribution in [3.63, 3.8) is 0 Å². The molecular formula is C14H15Cl2FN2S. The molecule has 1 aliphatic rings. The van der Waals surface area contributed by atoms with Gasteiger partial charge in [0.1, 0.15) is 11.6 Å². The second-order valence-corrected chi connectivity index (χ2v) is 7.16. The highest BCUT2D eigenvalue weighted by atomic mass is 35.5. The Morgan fingerprint density at radius 1 is 1.45 bits per heavy atom. The lowest BCUT2D eigenvalue weighted by Crippen LogP contribution is -2.13. The second-order valence-electron chi connectivity index (χ2n) is 4.97. The highest BCUT2D eigenvalue weighted by Gasteiger charge is 2.20. The van der Waals surface area contributed by atoms with E-state index in [1.807, 2.05) is 11.8 Å². The number of aryl methyl sites for hydroxylation is 1. The molecule has 0 bridgehead atoms. The summed E-state index contributed by atoms with van der Waals surface area (Å²) in [6.07, 6.45) is 3.15. The third-order valence-corrected chi connectivity index (χ3v) is 5.46. The standard InChI is InChI=1S/C14H15Cl2FN2S/c15-4-3-14-18-12-6-10(16)11(17)7-13(12)19(14)8-9-2-1-5-20-9/h6-7,9H,1-5,8H2. The summed E-state index contributed by atoms with van der Waals surface area (Å²) in [4.78, 5) is 4.56. The zero-order valence-corrected chi connectivity index (χ0v) is 13.2. The molecule has 0 radical (unpaired) electrons. The maximum Gasteiger partial charge on any atom is 0.144 e. The summed E-state index contributed by atoms with van der Waals surface area (Å²) in [6.45, 7) is 0.870. The Balaban J connectivity index is 2.04. The molecular weight excluding hydrogens is 318 g/mol. The van der Waals surface area contributed by atoms with Gasteiger partial charge in [-0.3, -0.25) is 0 Å². The van der Waals surface area contributed by atoms with E-state index in [1.165, 1.54) is 24.7 Å². The summed E-state index contributed by atoms with van der Waals surface area (Å²) in [6, 6.07) is 3.09. The minimum absolute atomic E-state index is 0.120. The largest absolute Gasteiger partial charge is 0.327 e.